The van der Waals surface area contributed by atoms with Crippen molar-refractivity contribution in [3.8, 4) is 5.75 Å². The van der Waals surface area contributed by atoms with E-state index in [2.05, 4.69) is 24.1 Å². The van der Waals surface area contributed by atoms with Crippen molar-refractivity contribution in [2.24, 2.45) is 0 Å². The minimum atomic E-state index is -0.451. The highest BCUT2D eigenvalue weighted by atomic mass is 16.5. The molecule has 3 heteroatoms. The fraction of sp³-hybridized carbons (Fsp3) is 0.625. The van der Waals surface area contributed by atoms with Crippen molar-refractivity contribution in [2.75, 3.05) is 26.7 Å². The Hall–Kier alpha value is -1.06. The first-order chi connectivity index (χ1) is 9.16. The van der Waals surface area contributed by atoms with Crippen molar-refractivity contribution in [3.05, 3.63) is 29.8 Å². The third-order valence-corrected chi connectivity index (χ3v) is 4.43. The fourth-order valence-corrected chi connectivity index (χ4v) is 3.51. The van der Waals surface area contributed by atoms with E-state index in [1.165, 1.54) is 18.4 Å². The maximum Gasteiger partial charge on any atom is 0.122 e. The van der Waals surface area contributed by atoms with Gasteiger partial charge in [-0.25, -0.2) is 0 Å². The average molecular weight is 261 g/mol. The molecule has 0 saturated heterocycles. The molecule has 1 aromatic carbocycles. The van der Waals surface area contributed by atoms with Crippen LogP contribution in [0.2, 0.25) is 0 Å². The summed E-state index contributed by atoms with van der Waals surface area (Å²) in [5, 5.41) is 10.5. The molecular weight excluding hydrogens is 238 g/mol. The number of benzene rings is 1. The van der Waals surface area contributed by atoms with Gasteiger partial charge in [0.15, 0.2) is 0 Å². The van der Waals surface area contributed by atoms with Gasteiger partial charge in [0, 0.05) is 24.6 Å². The van der Waals surface area contributed by atoms with E-state index in [-0.39, 0.29) is 0 Å². The van der Waals surface area contributed by atoms with Crippen LogP contribution in [0.1, 0.15) is 37.2 Å². The first kappa shape index (κ1) is 12.9. The summed E-state index contributed by atoms with van der Waals surface area (Å²) in [5.41, 5.74) is 0.862. The molecule has 0 amide bonds. The lowest BCUT2D eigenvalue weighted by molar-refractivity contribution is 0.0146. The summed E-state index contributed by atoms with van der Waals surface area (Å²) in [5.74, 6) is 1.46. The standard InChI is InChI=1S/C16H23NO2/c1-17(12-16(18)8-4-5-9-16)10-13-11-19-15-7-3-2-6-14(13)15/h2-3,6-7,13,18H,4-5,8-12H2,1H3. The van der Waals surface area contributed by atoms with E-state index in [0.717, 1.165) is 38.3 Å². The second kappa shape index (κ2) is 5.14. The summed E-state index contributed by atoms with van der Waals surface area (Å²) in [6.07, 6.45) is 4.24. The average Bonchev–Trinajstić information content (AvgIpc) is 2.97. The predicted octanol–water partition coefficient (Wildman–Crippen LogP) is 2.40. The molecule has 0 aromatic heterocycles. The molecule has 1 fully saturated rings. The molecule has 1 saturated carbocycles. The molecule has 3 nitrogen and oxygen atoms in total. The number of para-hydroxylation sites is 1. The van der Waals surface area contributed by atoms with Gasteiger partial charge in [-0.05, 0) is 26.0 Å². The highest BCUT2D eigenvalue weighted by molar-refractivity contribution is 5.39. The van der Waals surface area contributed by atoms with Crippen molar-refractivity contribution in [1.29, 1.82) is 0 Å². The molecule has 1 aliphatic heterocycles. The van der Waals surface area contributed by atoms with Crippen LogP contribution >= 0.6 is 0 Å². The van der Waals surface area contributed by atoms with Gasteiger partial charge < -0.3 is 14.7 Å². The quantitative estimate of drug-likeness (QED) is 0.903. The summed E-state index contributed by atoms with van der Waals surface area (Å²) in [6.45, 7) is 2.51. The van der Waals surface area contributed by atoms with E-state index in [9.17, 15) is 5.11 Å². The number of likely N-dealkylation sites (N-methyl/N-ethyl adjacent to an activating group) is 1. The van der Waals surface area contributed by atoms with Gasteiger partial charge >= 0.3 is 0 Å². The molecule has 1 atom stereocenters. The summed E-state index contributed by atoms with van der Waals surface area (Å²) < 4.78 is 5.72. The zero-order chi connectivity index (χ0) is 13.3. The third-order valence-electron chi connectivity index (χ3n) is 4.43. The molecule has 1 aliphatic carbocycles. The summed E-state index contributed by atoms with van der Waals surface area (Å²) >= 11 is 0. The van der Waals surface area contributed by atoms with Crippen molar-refractivity contribution in [1.82, 2.24) is 4.90 Å². The van der Waals surface area contributed by atoms with Gasteiger partial charge in [-0.3, -0.25) is 0 Å². The predicted molar refractivity (Wildman–Crippen MR) is 75.6 cm³/mol. The molecular formula is C16H23NO2. The topological polar surface area (TPSA) is 32.7 Å². The van der Waals surface area contributed by atoms with Crippen molar-refractivity contribution in [3.63, 3.8) is 0 Å². The molecule has 1 unspecified atom stereocenters. The molecule has 104 valence electrons. The number of hydrogen-bond acceptors (Lipinski definition) is 3. The van der Waals surface area contributed by atoms with Gasteiger partial charge in [0.1, 0.15) is 5.75 Å². The van der Waals surface area contributed by atoms with E-state index >= 15 is 0 Å². The monoisotopic (exact) mass is 261 g/mol. The van der Waals surface area contributed by atoms with Crippen LogP contribution in [0, 0.1) is 0 Å². The lowest BCUT2D eigenvalue weighted by Gasteiger charge is -2.29. The number of aliphatic hydroxyl groups is 1. The molecule has 0 spiro atoms. The Labute approximate surface area is 115 Å². The Morgan fingerprint density at radius 3 is 2.84 bits per heavy atom. The number of hydrogen-bond donors (Lipinski definition) is 1. The summed E-state index contributed by atoms with van der Waals surface area (Å²) in [7, 11) is 2.11. The first-order valence-corrected chi connectivity index (χ1v) is 7.29. The number of fused-ring (bicyclic) bond motifs is 1. The van der Waals surface area contributed by atoms with Crippen molar-refractivity contribution in [2.45, 2.75) is 37.2 Å². The Kier molecular flexibility index (Phi) is 3.50. The van der Waals surface area contributed by atoms with Crippen LogP contribution in [-0.4, -0.2) is 42.4 Å². The molecule has 1 heterocycles. The highest BCUT2D eigenvalue weighted by Gasteiger charge is 2.33. The molecule has 0 bridgehead atoms. The van der Waals surface area contributed by atoms with Gasteiger partial charge in [0.25, 0.3) is 0 Å². The smallest absolute Gasteiger partial charge is 0.122 e. The van der Waals surface area contributed by atoms with E-state index in [0.29, 0.717) is 5.92 Å². The Morgan fingerprint density at radius 1 is 1.32 bits per heavy atom. The second-order valence-corrected chi connectivity index (χ2v) is 6.17. The van der Waals surface area contributed by atoms with Crippen LogP contribution in [0.3, 0.4) is 0 Å². The number of nitrogens with zero attached hydrogens (tertiary/aromatic N) is 1. The SMILES string of the molecule is CN(CC1COc2ccccc21)CC1(O)CCCC1. The minimum absolute atomic E-state index is 0.436. The zero-order valence-corrected chi connectivity index (χ0v) is 11.6. The van der Waals surface area contributed by atoms with E-state index < -0.39 is 5.60 Å². The fourth-order valence-electron chi connectivity index (χ4n) is 3.51. The molecule has 1 N–H and O–H groups in total. The van der Waals surface area contributed by atoms with Crippen LogP contribution in [0.4, 0.5) is 0 Å². The lowest BCUT2D eigenvalue weighted by atomic mass is 9.98. The molecule has 2 aliphatic rings. The van der Waals surface area contributed by atoms with Gasteiger partial charge in [-0.2, -0.15) is 0 Å². The number of rotatable bonds is 4. The largest absolute Gasteiger partial charge is 0.493 e. The highest BCUT2D eigenvalue weighted by Crippen LogP contribution is 2.35. The molecule has 19 heavy (non-hydrogen) atoms. The maximum absolute atomic E-state index is 10.5. The van der Waals surface area contributed by atoms with E-state index in [4.69, 9.17) is 4.74 Å². The van der Waals surface area contributed by atoms with Crippen molar-refractivity contribution >= 4 is 0 Å². The number of ether oxygens (including phenoxy) is 1. The van der Waals surface area contributed by atoms with E-state index in [1.54, 1.807) is 0 Å². The minimum Gasteiger partial charge on any atom is -0.493 e. The molecule has 1 aromatic rings. The zero-order valence-electron chi connectivity index (χ0n) is 11.6. The van der Waals surface area contributed by atoms with E-state index in [1.807, 2.05) is 12.1 Å². The second-order valence-electron chi connectivity index (χ2n) is 6.17. The molecule has 3 rings (SSSR count). The van der Waals surface area contributed by atoms with Gasteiger partial charge in [0.2, 0.25) is 0 Å². The first-order valence-electron chi connectivity index (χ1n) is 7.29. The van der Waals surface area contributed by atoms with Crippen LogP contribution < -0.4 is 4.74 Å². The normalized spacial score (nSPS) is 24.5. The Morgan fingerprint density at radius 2 is 2.05 bits per heavy atom. The van der Waals surface area contributed by atoms with Gasteiger partial charge in [-0.15, -0.1) is 0 Å². The lowest BCUT2D eigenvalue weighted by Crippen LogP contribution is -2.40. The maximum atomic E-state index is 10.5. The van der Waals surface area contributed by atoms with Gasteiger partial charge in [0.05, 0.1) is 12.2 Å². The Balaban J connectivity index is 1.60. The summed E-state index contributed by atoms with van der Waals surface area (Å²) in [4.78, 5) is 2.27. The Bertz CT molecular complexity index is 440. The molecule has 0 radical (unpaired) electrons. The van der Waals surface area contributed by atoms with Crippen LogP contribution in [0.15, 0.2) is 24.3 Å². The third kappa shape index (κ3) is 2.77. The van der Waals surface area contributed by atoms with Crippen LogP contribution in [0.25, 0.3) is 0 Å². The van der Waals surface area contributed by atoms with Gasteiger partial charge in [-0.1, -0.05) is 31.0 Å². The summed E-state index contributed by atoms with van der Waals surface area (Å²) in [6, 6.07) is 8.29. The van der Waals surface area contributed by atoms with Crippen LogP contribution in [-0.2, 0) is 0 Å². The van der Waals surface area contributed by atoms with Crippen molar-refractivity contribution < 1.29 is 9.84 Å². The van der Waals surface area contributed by atoms with Crippen LogP contribution in [0.5, 0.6) is 5.75 Å².